The molecule has 2 aromatic rings. The summed E-state index contributed by atoms with van der Waals surface area (Å²) in [6, 6.07) is 10.0. The van der Waals surface area contributed by atoms with Crippen LogP contribution in [-0.2, 0) is 16.0 Å². The molecule has 0 spiro atoms. The zero-order valence-electron chi connectivity index (χ0n) is 14.9. The Kier molecular flexibility index (Phi) is 6.99. The number of hydrogen-bond acceptors (Lipinski definition) is 5. The molecule has 1 unspecified atom stereocenters. The molecular weight excluding hydrogens is 357 g/mol. The molecule has 0 heterocycles. The smallest absolute Gasteiger partial charge is 0.346 e. The summed E-state index contributed by atoms with van der Waals surface area (Å²) in [6.45, 7) is -0.237. The zero-order valence-corrected chi connectivity index (χ0v) is 14.9. The summed E-state index contributed by atoms with van der Waals surface area (Å²) >= 11 is 0. The molecule has 0 aromatic heterocycles. The third kappa shape index (κ3) is 5.88. The summed E-state index contributed by atoms with van der Waals surface area (Å²) in [7, 11) is 3.00. The van der Waals surface area contributed by atoms with Gasteiger partial charge in [0.2, 0.25) is 12.0 Å². The fraction of sp³-hybridized carbons (Fsp3) is 0.263. The van der Waals surface area contributed by atoms with Crippen LogP contribution in [-0.4, -0.2) is 43.9 Å². The van der Waals surface area contributed by atoms with Gasteiger partial charge in [-0.25, -0.2) is 9.18 Å². The van der Waals surface area contributed by atoms with Crippen LogP contribution in [0.1, 0.15) is 5.56 Å². The SMILES string of the molecule is COc1ccc(CC(=O)NCC(Oc2ccc(F)cc2)C(=O)O)cc1OC. The number of amides is 1. The molecule has 0 radical (unpaired) electrons. The fourth-order valence-electron chi connectivity index (χ4n) is 2.30. The van der Waals surface area contributed by atoms with Gasteiger partial charge in [-0.1, -0.05) is 6.07 Å². The van der Waals surface area contributed by atoms with Gasteiger partial charge >= 0.3 is 5.97 Å². The Labute approximate surface area is 155 Å². The quantitative estimate of drug-likeness (QED) is 0.695. The number of carboxylic acids is 1. The molecule has 1 amide bonds. The van der Waals surface area contributed by atoms with Crippen molar-refractivity contribution >= 4 is 11.9 Å². The summed E-state index contributed by atoms with van der Waals surface area (Å²) in [6.07, 6.45) is -1.27. The predicted molar refractivity (Wildman–Crippen MR) is 94.7 cm³/mol. The topological polar surface area (TPSA) is 94.1 Å². The Balaban J connectivity index is 1.93. The second kappa shape index (κ2) is 9.42. The number of aliphatic carboxylic acids is 1. The van der Waals surface area contributed by atoms with E-state index in [1.54, 1.807) is 18.2 Å². The lowest BCUT2D eigenvalue weighted by Crippen LogP contribution is -2.40. The largest absolute Gasteiger partial charge is 0.493 e. The van der Waals surface area contributed by atoms with Crippen LogP contribution in [0.15, 0.2) is 42.5 Å². The molecule has 0 saturated carbocycles. The number of benzene rings is 2. The van der Waals surface area contributed by atoms with Crippen LogP contribution < -0.4 is 19.5 Å². The molecular formula is C19H20FNO6. The third-order valence-electron chi connectivity index (χ3n) is 3.66. The van der Waals surface area contributed by atoms with Crippen LogP contribution in [0.5, 0.6) is 17.2 Å². The van der Waals surface area contributed by atoms with Crippen molar-refractivity contribution in [2.45, 2.75) is 12.5 Å². The van der Waals surface area contributed by atoms with Gasteiger partial charge in [0.15, 0.2) is 11.5 Å². The first-order valence-electron chi connectivity index (χ1n) is 8.05. The van der Waals surface area contributed by atoms with Crippen molar-refractivity contribution in [1.29, 1.82) is 0 Å². The average molecular weight is 377 g/mol. The lowest BCUT2D eigenvalue weighted by atomic mass is 10.1. The molecule has 8 heteroatoms. The maximum atomic E-state index is 12.9. The van der Waals surface area contributed by atoms with Crippen molar-refractivity contribution in [1.82, 2.24) is 5.32 Å². The Morgan fingerprint density at radius 2 is 1.74 bits per heavy atom. The van der Waals surface area contributed by atoms with Crippen LogP contribution in [0.3, 0.4) is 0 Å². The number of rotatable bonds is 9. The maximum Gasteiger partial charge on any atom is 0.346 e. The molecule has 0 aliphatic carbocycles. The number of carbonyl (C=O) groups is 2. The summed E-state index contributed by atoms with van der Waals surface area (Å²) in [4.78, 5) is 23.4. The molecule has 0 bridgehead atoms. The number of nitrogens with one attached hydrogen (secondary N) is 1. The summed E-state index contributed by atoms with van der Waals surface area (Å²) in [5.74, 6) is -0.858. The molecule has 0 saturated heterocycles. The van der Waals surface area contributed by atoms with E-state index in [0.717, 1.165) is 12.1 Å². The predicted octanol–water partition coefficient (Wildman–Crippen LogP) is 2.03. The van der Waals surface area contributed by atoms with E-state index < -0.39 is 17.9 Å². The highest BCUT2D eigenvalue weighted by Crippen LogP contribution is 2.27. The minimum atomic E-state index is -1.30. The van der Waals surface area contributed by atoms with Gasteiger partial charge in [-0.3, -0.25) is 4.79 Å². The van der Waals surface area contributed by atoms with Crippen molar-refractivity contribution in [3.05, 3.63) is 53.8 Å². The Morgan fingerprint density at radius 1 is 1.07 bits per heavy atom. The van der Waals surface area contributed by atoms with Crippen molar-refractivity contribution < 1.29 is 33.3 Å². The van der Waals surface area contributed by atoms with Crippen LogP contribution in [0, 0.1) is 5.82 Å². The molecule has 27 heavy (non-hydrogen) atoms. The second-order valence-corrected chi connectivity index (χ2v) is 5.57. The van der Waals surface area contributed by atoms with Gasteiger partial charge in [-0.2, -0.15) is 0 Å². The first kappa shape index (κ1) is 20.0. The normalized spacial score (nSPS) is 11.4. The number of carbonyl (C=O) groups excluding carboxylic acids is 1. The first-order valence-corrected chi connectivity index (χ1v) is 8.05. The van der Waals surface area contributed by atoms with Crippen LogP contribution in [0.4, 0.5) is 4.39 Å². The van der Waals surface area contributed by atoms with Gasteiger partial charge in [-0.15, -0.1) is 0 Å². The van der Waals surface area contributed by atoms with E-state index in [0.29, 0.717) is 17.1 Å². The van der Waals surface area contributed by atoms with Gasteiger partial charge in [0, 0.05) is 0 Å². The van der Waals surface area contributed by atoms with Crippen LogP contribution in [0.2, 0.25) is 0 Å². The van der Waals surface area contributed by atoms with E-state index in [1.807, 2.05) is 0 Å². The minimum Gasteiger partial charge on any atom is -0.493 e. The number of carboxylic acid groups (broad SMARTS) is 1. The lowest BCUT2D eigenvalue weighted by Gasteiger charge is -2.16. The Morgan fingerprint density at radius 3 is 2.33 bits per heavy atom. The highest BCUT2D eigenvalue weighted by molar-refractivity contribution is 5.80. The van der Waals surface area contributed by atoms with E-state index in [1.165, 1.54) is 26.4 Å². The summed E-state index contributed by atoms with van der Waals surface area (Å²) in [5, 5.41) is 11.8. The maximum absolute atomic E-state index is 12.9. The molecule has 7 nitrogen and oxygen atoms in total. The van der Waals surface area contributed by atoms with Crippen molar-refractivity contribution in [3.8, 4) is 17.2 Å². The van der Waals surface area contributed by atoms with E-state index in [-0.39, 0.29) is 24.6 Å². The molecule has 2 rings (SSSR count). The lowest BCUT2D eigenvalue weighted by molar-refractivity contribution is -0.145. The summed E-state index contributed by atoms with van der Waals surface area (Å²) in [5.41, 5.74) is 0.677. The van der Waals surface area contributed by atoms with E-state index in [9.17, 15) is 19.1 Å². The fourth-order valence-corrected chi connectivity index (χ4v) is 2.30. The van der Waals surface area contributed by atoms with Gasteiger partial charge in [0.05, 0.1) is 27.2 Å². The van der Waals surface area contributed by atoms with Gasteiger partial charge in [0.25, 0.3) is 0 Å². The number of ether oxygens (including phenoxy) is 3. The van der Waals surface area contributed by atoms with Gasteiger partial charge in [0.1, 0.15) is 11.6 Å². The Bertz CT molecular complexity index is 793. The molecule has 2 aromatic carbocycles. The highest BCUT2D eigenvalue weighted by atomic mass is 19.1. The van der Waals surface area contributed by atoms with Gasteiger partial charge < -0.3 is 24.6 Å². The van der Waals surface area contributed by atoms with Crippen LogP contribution in [0.25, 0.3) is 0 Å². The number of methoxy groups -OCH3 is 2. The number of hydrogen-bond donors (Lipinski definition) is 2. The molecule has 0 aliphatic rings. The molecule has 0 fully saturated rings. The molecule has 144 valence electrons. The van der Waals surface area contributed by atoms with E-state index >= 15 is 0 Å². The Hall–Kier alpha value is -3.29. The molecule has 0 aliphatic heterocycles. The van der Waals surface area contributed by atoms with Crippen molar-refractivity contribution in [3.63, 3.8) is 0 Å². The average Bonchev–Trinajstić information content (AvgIpc) is 2.66. The monoisotopic (exact) mass is 377 g/mol. The highest BCUT2D eigenvalue weighted by Gasteiger charge is 2.20. The number of halogens is 1. The minimum absolute atomic E-state index is 0.0310. The molecule has 2 N–H and O–H groups in total. The van der Waals surface area contributed by atoms with E-state index in [4.69, 9.17) is 14.2 Å². The summed E-state index contributed by atoms with van der Waals surface area (Å²) < 4.78 is 28.5. The van der Waals surface area contributed by atoms with Gasteiger partial charge in [-0.05, 0) is 42.0 Å². The van der Waals surface area contributed by atoms with Crippen LogP contribution >= 0.6 is 0 Å². The second-order valence-electron chi connectivity index (χ2n) is 5.57. The van der Waals surface area contributed by atoms with E-state index in [2.05, 4.69) is 5.32 Å². The van der Waals surface area contributed by atoms with Crippen molar-refractivity contribution in [2.75, 3.05) is 20.8 Å². The zero-order chi connectivity index (χ0) is 19.8. The van der Waals surface area contributed by atoms with Crippen molar-refractivity contribution in [2.24, 2.45) is 0 Å². The standard InChI is InChI=1S/C19H20FNO6/c1-25-15-8-3-12(9-16(15)26-2)10-18(22)21-11-17(19(23)24)27-14-6-4-13(20)5-7-14/h3-9,17H,10-11H2,1-2H3,(H,21,22)(H,23,24). The third-order valence-corrected chi connectivity index (χ3v) is 3.66. The first-order chi connectivity index (χ1) is 12.9. The molecule has 1 atom stereocenters.